The number of hydrogen-bond acceptors (Lipinski definition) is 4. The van der Waals surface area contributed by atoms with E-state index in [0.717, 1.165) is 0 Å². The first-order chi connectivity index (χ1) is 7.15. The van der Waals surface area contributed by atoms with Gasteiger partial charge in [0.1, 0.15) is 0 Å². The Morgan fingerprint density at radius 3 is 2.80 bits per heavy atom. The lowest BCUT2D eigenvalue weighted by molar-refractivity contribution is -0.115. The van der Waals surface area contributed by atoms with Gasteiger partial charge in [-0.2, -0.15) is 0 Å². The Labute approximate surface area is 88.2 Å². The highest BCUT2D eigenvalue weighted by molar-refractivity contribution is 5.99. The molecule has 0 saturated heterocycles. The van der Waals surface area contributed by atoms with Crippen LogP contribution >= 0.6 is 0 Å². The molecule has 4 nitrogen and oxygen atoms in total. The number of carbonyl (C=O) groups excluding carboxylic acids is 2. The highest BCUT2D eigenvalue weighted by atomic mass is 16.5. The van der Waals surface area contributed by atoms with E-state index in [2.05, 4.69) is 4.74 Å². The van der Waals surface area contributed by atoms with Gasteiger partial charge < -0.3 is 9.84 Å². The number of aliphatic hydroxyl groups is 1. The first-order valence-electron chi connectivity index (χ1n) is 4.81. The van der Waals surface area contributed by atoms with Gasteiger partial charge >= 0.3 is 0 Å². The molecule has 0 spiro atoms. The van der Waals surface area contributed by atoms with Crippen LogP contribution in [0.1, 0.15) is 25.7 Å². The molecule has 0 unspecified atom stereocenters. The van der Waals surface area contributed by atoms with E-state index in [1.54, 1.807) is 0 Å². The summed E-state index contributed by atoms with van der Waals surface area (Å²) in [5.41, 5.74) is 0.411. The largest absolute Gasteiger partial charge is 0.512 e. The fourth-order valence-corrected chi connectivity index (χ4v) is 1.45. The second-order valence-corrected chi connectivity index (χ2v) is 3.35. The maximum absolute atomic E-state index is 11.2. The molecule has 15 heavy (non-hydrogen) atoms. The Balaban J connectivity index is 2.43. The summed E-state index contributed by atoms with van der Waals surface area (Å²) in [7, 11) is 1.46. The SMILES string of the molecule is COC=CC(=O)CCC1=C(O)CCC1=O. The van der Waals surface area contributed by atoms with Crippen molar-refractivity contribution in [2.24, 2.45) is 0 Å². The van der Waals surface area contributed by atoms with E-state index in [1.165, 1.54) is 19.4 Å². The van der Waals surface area contributed by atoms with E-state index in [9.17, 15) is 14.7 Å². The second-order valence-electron chi connectivity index (χ2n) is 3.35. The quantitative estimate of drug-likeness (QED) is 0.553. The summed E-state index contributed by atoms with van der Waals surface area (Å²) in [5, 5.41) is 9.35. The Morgan fingerprint density at radius 2 is 2.27 bits per heavy atom. The summed E-state index contributed by atoms with van der Waals surface area (Å²) >= 11 is 0. The third kappa shape index (κ3) is 3.23. The van der Waals surface area contributed by atoms with Gasteiger partial charge in [0.05, 0.1) is 19.1 Å². The van der Waals surface area contributed by atoms with E-state index in [0.29, 0.717) is 24.8 Å². The van der Waals surface area contributed by atoms with Gasteiger partial charge in [0, 0.05) is 30.9 Å². The molecule has 0 aromatic heterocycles. The third-order valence-corrected chi connectivity index (χ3v) is 2.29. The first-order valence-corrected chi connectivity index (χ1v) is 4.81. The average Bonchev–Trinajstić information content (AvgIpc) is 2.53. The molecule has 0 fully saturated rings. The number of carbonyl (C=O) groups is 2. The van der Waals surface area contributed by atoms with Crippen LogP contribution in [0.2, 0.25) is 0 Å². The Morgan fingerprint density at radius 1 is 1.53 bits per heavy atom. The maximum atomic E-state index is 11.2. The lowest BCUT2D eigenvalue weighted by atomic mass is 10.1. The number of hydrogen-bond donors (Lipinski definition) is 1. The topological polar surface area (TPSA) is 63.6 Å². The van der Waals surface area contributed by atoms with E-state index >= 15 is 0 Å². The molecule has 0 aromatic carbocycles. The van der Waals surface area contributed by atoms with Crippen LogP contribution in [0.5, 0.6) is 0 Å². The monoisotopic (exact) mass is 210 g/mol. The summed E-state index contributed by atoms with van der Waals surface area (Å²) < 4.78 is 4.60. The maximum Gasteiger partial charge on any atom is 0.162 e. The third-order valence-electron chi connectivity index (χ3n) is 2.29. The molecule has 1 aliphatic carbocycles. The summed E-state index contributed by atoms with van der Waals surface area (Å²) in [5.74, 6) is -0.0172. The Hall–Kier alpha value is -1.58. The molecule has 0 atom stereocenters. The van der Waals surface area contributed by atoms with E-state index in [1.807, 2.05) is 0 Å². The Bertz CT molecular complexity index is 325. The van der Waals surface area contributed by atoms with Crippen molar-refractivity contribution in [2.75, 3.05) is 7.11 Å². The van der Waals surface area contributed by atoms with Gasteiger partial charge in [-0.3, -0.25) is 9.59 Å². The number of allylic oxidation sites excluding steroid dienone is 3. The summed E-state index contributed by atoms with van der Waals surface area (Å²) in [6, 6.07) is 0. The molecule has 0 amide bonds. The van der Waals surface area contributed by atoms with Crippen LogP contribution in [0, 0.1) is 0 Å². The smallest absolute Gasteiger partial charge is 0.162 e. The summed E-state index contributed by atoms with van der Waals surface area (Å²) in [4.78, 5) is 22.4. The van der Waals surface area contributed by atoms with Crippen LogP contribution in [-0.4, -0.2) is 23.8 Å². The molecular weight excluding hydrogens is 196 g/mol. The molecule has 1 N–H and O–H groups in total. The minimum Gasteiger partial charge on any atom is -0.512 e. The van der Waals surface area contributed by atoms with E-state index in [-0.39, 0.29) is 23.7 Å². The molecule has 1 rings (SSSR count). The number of methoxy groups -OCH3 is 1. The number of ketones is 2. The predicted molar refractivity (Wildman–Crippen MR) is 54.3 cm³/mol. The molecule has 0 heterocycles. The van der Waals surface area contributed by atoms with Gasteiger partial charge in [0.25, 0.3) is 0 Å². The van der Waals surface area contributed by atoms with Gasteiger partial charge in [0.2, 0.25) is 0 Å². The van der Waals surface area contributed by atoms with E-state index < -0.39 is 0 Å². The van der Waals surface area contributed by atoms with Gasteiger partial charge in [-0.15, -0.1) is 0 Å². The summed E-state index contributed by atoms with van der Waals surface area (Å²) in [6.07, 6.45) is 3.94. The predicted octanol–water partition coefficient (Wildman–Crippen LogP) is 1.67. The molecular formula is C11H14O4. The zero-order valence-electron chi connectivity index (χ0n) is 8.66. The number of ether oxygens (including phenoxy) is 1. The fourth-order valence-electron chi connectivity index (χ4n) is 1.45. The number of Topliss-reactive ketones (excluding diaryl/α,β-unsaturated/α-hetero) is 1. The van der Waals surface area contributed by atoms with Crippen molar-refractivity contribution in [3.63, 3.8) is 0 Å². The van der Waals surface area contributed by atoms with Crippen LogP contribution < -0.4 is 0 Å². The molecule has 1 aliphatic rings. The van der Waals surface area contributed by atoms with Crippen LogP contribution in [0.4, 0.5) is 0 Å². The minimum atomic E-state index is -0.114. The molecule has 82 valence electrons. The van der Waals surface area contributed by atoms with Crippen LogP contribution in [0.25, 0.3) is 0 Å². The van der Waals surface area contributed by atoms with Crippen LogP contribution in [0.15, 0.2) is 23.7 Å². The highest BCUT2D eigenvalue weighted by Crippen LogP contribution is 2.24. The van der Waals surface area contributed by atoms with Crippen molar-refractivity contribution in [3.8, 4) is 0 Å². The lowest BCUT2D eigenvalue weighted by Crippen LogP contribution is -2.00. The van der Waals surface area contributed by atoms with E-state index in [4.69, 9.17) is 0 Å². The number of aliphatic hydroxyl groups excluding tert-OH is 1. The van der Waals surface area contributed by atoms with Gasteiger partial charge in [-0.1, -0.05) is 0 Å². The van der Waals surface area contributed by atoms with Crippen molar-refractivity contribution < 1.29 is 19.4 Å². The Kier molecular flexibility index (Phi) is 4.09. The number of rotatable bonds is 5. The van der Waals surface area contributed by atoms with Crippen molar-refractivity contribution in [1.82, 2.24) is 0 Å². The molecule has 0 aromatic rings. The zero-order valence-corrected chi connectivity index (χ0v) is 8.66. The molecule has 0 aliphatic heterocycles. The molecule has 0 bridgehead atoms. The fraction of sp³-hybridized carbons (Fsp3) is 0.455. The second kappa shape index (κ2) is 5.34. The standard InChI is InChI=1S/C11H14O4/c1-15-7-6-8(12)2-3-9-10(13)4-5-11(9)14/h6-7,13H,2-5H2,1H3. The zero-order chi connectivity index (χ0) is 11.3. The molecule has 0 saturated carbocycles. The van der Waals surface area contributed by atoms with Gasteiger partial charge in [-0.05, 0) is 6.42 Å². The highest BCUT2D eigenvalue weighted by Gasteiger charge is 2.22. The van der Waals surface area contributed by atoms with Gasteiger partial charge in [0.15, 0.2) is 11.6 Å². The average molecular weight is 210 g/mol. The summed E-state index contributed by atoms with van der Waals surface area (Å²) in [6.45, 7) is 0. The lowest BCUT2D eigenvalue weighted by Gasteiger charge is -1.99. The van der Waals surface area contributed by atoms with Crippen molar-refractivity contribution in [3.05, 3.63) is 23.7 Å². The minimum absolute atomic E-state index is 0.0454. The van der Waals surface area contributed by atoms with Crippen molar-refractivity contribution in [2.45, 2.75) is 25.7 Å². The molecule has 4 heteroatoms. The van der Waals surface area contributed by atoms with Crippen molar-refractivity contribution in [1.29, 1.82) is 0 Å². The van der Waals surface area contributed by atoms with Crippen molar-refractivity contribution >= 4 is 11.6 Å². The normalized spacial score (nSPS) is 16.5. The van der Waals surface area contributed by atoms with Crippen LogP contribution in [-0.2, 0) is 14.3 Å². The molecule has 0 radical (unpaired) electrons. The van der Waals surface area contributed by atoms with Crippen LogP contribution in [0.3, 0.4) is 0 Å². The first kappa shape index (κ1) is 11.5. The van der Waals surface area contributed by atoms with Gasteiger partial charge in [-0.25, -0.2) is 0 Å².